The Morgan fingerprint density at radius 1 is 0.597 bits per heavy atom. The second-order valence-electron chi connectivity index (χ2n) is 18.7. The Morgan fingerprint density at radius 2 is 1.07 bits per heavy atom. The van der Waals surface area contributed by atoms with Crippen LogP contribution in [0.5, 0.6) is 5.75 Å². The molecule has 0 spiro atoms. The van der Waals surface area contributed by atoms with Gasteiger partial charge in [0.25, 0.3) is 0 Å². The third-order valence-corrected chi connectivity index (χ3v) is 12.2. The fourth-order valence-electron chi connectivity index (χ4n) is 7.35. The zero-order valence-electron chi connectivity index (χ0n) is 41.3. The average Bonchev–Trinajstić information content (AvgIpc) is 3.33. The second kappa shape index (κ2) is 26.2. The van der Waals surface area contributed by atoms with Gasteiger partial charge in [0.1, 0.15) is 35.3 Å². The summed E-state index contributed by atoms with van der Waals surface area (Å²) in [6, 6.07) is 41.1. The highest BCUT2D eigenvalue weighted by molar-refractivity contribution is 8.00. The number of primary amides is 1. The maximum atomic E-state index is 14.3. The smallest absolute Gasteiger partial charge is 0.412 e. The number of alkyl carbamates (subject to hydrolysis) is 2. The zero-order chi connectivity index (χ0) is 52.3. The number of amides is 6. The Kier molecular flexibility index (Phi) is 20.2. The molecule has 0 saturated carbocycles. The lowest BCUT2D eigenvalue weighted by atomic mass is 9.84. The van der Waals surface area contributed by atoms with Crippen molar-refractivity contribution in [2.24, 2.45) is 5.73 Å². The van der Waals surface area contributed by atoms with Gasteiger partial charge in [0.05, 0.1) is 17.3 Å². The van der Waals surface area contributed by atoms with Crippen LogP contribution in [-0.2, 0) is 35.0 Å². The van der Waals surface area contributed by atoms with Crippen LogP contribution in [0.2, 0.25) is 0 Å². The molecule has 17 nitrogen and oxygen atoms in total. The molecule has 0 radical (unpaired) electrons. The van der Waals surface area contributed by atoms with Gasteiger partial charge >= 0.3 is 18.3 Å². The minimum Gasteiger partial charge on any atom is -0.444 e. The Morgan fingerprint density at radius 3 is 1.54 bits per heavy atom. The fraction of sp³-hybridized carbons (Fsp3) is 0.333. The number of carbonyl (C=O) groups is 6. The Hall–Kier alpha value is -7.41. The van der Waals surface area contributed by atoms with Gasteiger partial charge in [0, 0.05) is 24.4 Å². The number of ether oxygens (including phenoxy) is 3. The number of hydrogen-bond donors (Lipinski definition) is 8. The van der Waals surface area contributed by atoms with Crippen molar-refractivity contribution in [3.63, 3.8) is 0 Å². The molecule has 0 bridgehead atoms. The van der Waals surface area contributed by atoms with E-state index in [2.05, 4.69) is 31.9 Å². The Balaban J connectivity index is 1.30. The number of carbonyl (C=O) groups excluding carboxylic acids is 6. The van der Waals surface area contributed by atoms with Crippen molar-refractivity contribution in [1.82, 2.24) is 26.6 Å². The first-order valence-electron chi connectivity index (χ1n) is 23.4. The van der Waals surface area contributed by atoms with Crippen LogP contribution in [0.1, 0.15) is 70.2 Å². The molecule has 9 N–H and O–H groups in total. The van der Waals surface area contributed by atoms with Crippen LogP contribution in [0.25, 0.3) is 0 Å². The summed E-state index contributed by atoms with van der Waals surface area (Å²) in [5, 5.41) is 27.8. The predicted octanol–water partition coefficient (Wildman–Crippen LogP) is 6.74. The van der Waals surface area contributed by atoms with Crippen molar-refractivity contribution in [2.75, 3.05) is 24.2 Å². The normalized spacial score (nSPS) is 13.2. The van der Waals surface area contributed by atoms with E-state index in [0.29, 0.717) is 11.3 Å². The quantitative estimate of drug-likeness (QED) is 0.0266. The molecule has 0 aliphatic rings. The molecule has 72 heavy (non-hydrogen) atoms. The molecule has 6 amide bonds. The number of aliphatic hydroxyl groups excluding tert-OH is 1. The van der Waals surface area contributed by atoms with E-state index in [1.54, 1.807) is 77.9 Å². The van der Waals surface area contributed by atoms with Crippen LogP contribution in [0.15, 0.2) is 146 Å². The maximum absolute atomic E-state index is 14.3. The number of benzene rings is 5. The van der Waals surface area contributed by atoms with Crippen molar-refractivity contribution in [3.05, 3.63) is 168 Å². The fourth-order valence-corrected chi connectivity index (χ4v) is 8.95. The van der Waals surface area contributed by atoms with Crippen LogP contribution >= 0.6 is 11.8 Å². The third kappa shape index (κ3) is 17.8. The summed E-state index contributed by atoms with van der Waals surface area (Å²) < 4.78 is 15.5. The molecular weight excluding hydrogens is 939 g/mol. The van der Waals surface area contributed by atoms with Crippen molar-refractivity contribution in [3.8, 4) is 5.75 Å². The molecule has 5 rings (SSSR count). The van der Waals surface area contributed by atoms with Gasteiger partial charge in [-0.25, -0.2) is 14.4 Å². The first-order valence-corrected chi connectivity index (χ1v) is 24.4. The molecule has 382 valence electrons. The minimum atomic E-state index is -1.49. The second-order valence-corrected chi connectivity index (χ2v) is 19.9. The number of thioether (sulfide) groups is 1. The zero-order valence-corrected chi connectivity index (χ0v) is 42.1. The van der Waals surface area contributed by atoms with E-state index in [9.17, 15) is 33.9 Å². The first-order chi connectivity index (χ1) is 34.2. The standard InChI is InChI=1S/C54H65N7O10S/c1-52(2,3)70-50(67)60-42(31-32-56-49(66)69-41-29-27-36(28-30-41)33-43(61-51(68)71-53(4,5)6)48(65)58-40-25-17-10-18-26-40)47(64)59-44(46(63)57-34-45(55)62)35-72-54(37-19-11-7-12-20-37,38-21-13-8-14-22-38)39-23-15-9-16-24-39/h7-30,42-44,46,57,63H,31-35H2,1-6H3,(H2,55,62)(H,56,66)(H,58,65)(H,59,64)(H,60,67)(H,61,68)/t42-,43-,44-,46?/m0/s1. The summed E-state index contributed by atoms with van der Waals surface area (Å²) in [6.07, 6.45) is -4.11. The molecule has 5 aromatic carbocycles. The number of rotatable bonds is 22. The van der Waals surface area contributed by atoms with Crippen LogP contribution in [0.4, 0.5) is 20.1 Å². The number of nitrogens with one attached hydrogen (secondary N) is 6. The molecule has 5 aromatic rings. The monoisotopic (exact) mass is 1000 g/mol. The number of anilines is 1. The van der Waals surface area contributed by atoms with Crippen molar-refractivity contribution in [1.29, 1.82) is 0 Å². The van der Waals surface area contributed by atoms with Crippen molar-refractivity contribution in [2.45, 2.75) is 94.7 Å². The van der Waals surface area contributed by atoms with Crippen molar-refractivity contribution < 1.29 is 48.1 Å². The van der Waals surface area contributed by atoms with Crippen LogP contribution < -0.4 is 42.4 Å². The summed E-state index contributed by atoms with van der Waals surface area (Å²) in [4.78, 5) is 78.6. The average molecular weight is 1000 g/mol. The number of aliphatic hydroxyl groups is 1. The van der Waals surface area contributed by atoms with Crippen LogP contribution in [-0.4, -0.2) is 95.5 Å². The van der Waals surface area contributed by atoms with E-state index in [1.165, 1.54) is 23.9 Å². The molecule has 0 aromatic heterocycles. The van der Waals surface area contributed by atoms with Gasteiger partial charge < -0.3 is 51.6 Å². The highest BCUT2D eigenvalue weighted by Gasteiger charge is 2.39. The van der Waals surface area contributed by atoms with Gasteiger partial charge in [-0.15, -0.1) is 11.8 Å². The molecule has 4 atom stereocenters. The van der Waals surface area contributed by atoms with Gasteiger partial charge in [-0.2, -0.15) is 0 Å². The van der Waals surface area contributed by atoms with E-state index < -0.39 is 82.8 Å². The van der Waals surface area contributed by atoms with Gasteiger partial charge in [0.2, 0.25) is 17.7 Å². The largest absolute Gasteiger partial charge is 0.444 e. The number of nitrogens with two attached hydrogens (primary N) is 1. The third-order valence-electron chi connectivity index (χ3n) is 10.5. The highest BCUT2D eigenvalue weighted by Crippen LogP contribution is 2.48. The molecule has 0 aliphatic heterocycles. The topological polar surface area (TPSA) is 249 Å². The molecule has 18 heteroatoms. The maximum Gasteiger partial charge on any atom is 0.412 e. The molecule has 0 saturated heterocycles. The minimum absolute atomic E-state index is 0.0711. The Labute approximate surface area is 424 Å². The predicted molar refractivity (Wildman–Crippen MR) is 277 cm³/mol. The lowest BCUT2D eigenvalue weighted by Gasteiger charge is -2.37. The summed E-state index contributed by atoms with van der Waals surface area (Å²) >= 11 is 1.45. The lowest BCUT2D eigenvalue weighted by Crippen LogP contribution is -2.58. The molecule has 1 unspecified atom stereocenters. The molecule has 0 aliphatic carbocycles. The van der Waals surface area contributed by atoms with E-state index in [1.807, 2.05) is 97.1 Å². The van der Waals surface area contributed by atoms with Gasteiger partial charge in [0.15, 0.2) is 0 Å². The summed E-state index contributed by atoms with van der Waals surface area (Å²) in [7, 11) is 0. The van der Waals surface area contributed by atoms with Crippen LogP contribution in [0.3, 0.4) is 0 Å². The molecule has 0 fully saturated rings. The highest BCUT2D eigenvalue weighted by atomic mass is 32.2. The van der Waals surface area contributed by atoms with E-state index >= 15 is 0 Å². The van der Waals surface area contributed by atoms with E-state index in [4.69, 9.17) is 19.9 Å². The Bertz CT molecular complexity index is 2450. The summed E-state index contributed by atoms with van der Waals surface area (Å²) in [5.41, 5.74) is 7.69. The SMILES string of the molecule is CC(C)(C)OC(=O)N[C@@H](Cc1ccc(OC(=O)NCC[C@H](NC(=O)OC(C)(C)C)C(=O)N[C@@H](CSC(c2ccccc2)(c2ccccc2)c2ccccc2)C(O)NCC(N)=O)cc1)C(=O)Nc1ccccc1. The van der Waals surface area contributed by atoms with Crippen LogP contribution in [0, 0.1) is 0 Å². The summed E-state index contributed by atoms with van der Waals surface area (Å²) in [5.74, 6) is -1.71. The lowest BCUT2D eigenvalue weighted by molar-refractivity contribution is -0.125. The van der Waals surface area contributed by atoms with E-state index in [0.717, 1.165) is 16.7 Å². The van der Waals surface area contributed by atoms with Gasteiger partial charge in [-0.1, -0.05) is 121 Å². The number of para-hydroxylation sites is 1. The summed E-state index contributed by atoms with van der Waals surface area (Å²) in [6.45, 7) is 9.58. The van der Waals surface area contributed by atoms with E-state index in [-0.39, 0.29) is 30.9 Å². The van der Waals surface area contributed by atoms with Gasteiger partial charge in [-0.05, 0) is 94.5 Å². The molecular formula is C54H65N7O10S. The molecule has 0 heterocycles. The first kappa shape index (κ1) is 55.5. The van der Waals surface area contributed by atoms with Crippen molar-refractivity contribution >= 4 is 53.5 Å². The number of hydrogen-bond acceptors (Lipinski definition) is 12. The van der Waals surface area contributed by atoms with Gasteiger partial charge in [-0.3, -0.25) is 19.7 Å².